The van der Waals surface area contributed by atoms with Crippen molar-refractivity contribution in [1.29, 1.82) is 0 Å². The van der Waals surface area contributed by atoms with Gasteiger partial charge in [0.15, 0.2) is 0 Å². The van der Waals surface area contributed by atoms with E-state index in [0.29, 0.717) is 12.4 Å². The van der Waals surface area contributed by atoms with E-state index in [9.17, 15) is 4.79 Å². The van der Waals surface area contributed by atoms with Crippen LogP contribution in [0.15, 0.2) is 6.33 Å². The van der Waals surface area contributed by atoms with E-state index in [1.807, 2.05) is 0 Å². The predicted molar refractivity (Wildman–Crippen MR) is 54.1 cm³/mol. The van der Waals surface area contributed by atoms with Crippen LogP contribution in [0.5, 0.6) is 0 Å². The standard InChI is InChI=1S/C9H15N5O/c10-5-7-3-1-2-4-14(7)9(15)8-11-6-12-13-8/h6-7H,1-5,10H2,(H,11,12,13). The van der Waals surface area contributed by atoms with Crippen molar-refractivity contribution >= 4 is 5.91 Å². The number of nitrogens with zero attached hydrogens (tertiary/aromatic N) is 3. The van der Waals surface area contributed by atoms with E-state index in [1.165, 1.54) is 6.33 Å². The molecular weight excluding hydrogens is 194 g/mol. The van der Waals surface area contributed by atoms with Gasteiger partial charge >= 0.3 is 0 Å². The summed E-state index contributed by atoms with van der Waals surface area (Å²) >= 11 is 0. The Morgan fingerprint density at radius 2 is 2.53 bits per heavy atom. The molecule has 1 aliphatic heterocycles. The molecule has 1 amide bonds. The molecule has 15 heavy (non-hydrogen) atoms. The lowest BCUT2D eigenvalue weighted by molar-refractivity contribution is 0.0611. The molecular formula is C9H15N5O. The molecule has 1 aromatic rings. The Morgan fingerprint density at radius 1 is 1.67 bits per heavy atom. The topological polar surface area (TPSA) is 87.9 Å². The van der Waals surface area contributed by atoms with Crippen LogP contribution < -0.4 is 5.73 Å². The number of carbonyl (C=O) groups is 1. The summed E-state index contributed by atoms with van der Waals surface area (Å²) in [6.07, 6.45) is 4.50. The summed E-state index contributed by atoms with van der Waals surface area (Å²) in [5.41, 5.74) is 5.64. The van der Waals surface area contributed by atoms with Gasteiger partial charge in [-0.1, -0.05) is 0 Å². The third-order valence-electron chi connectivity index (χ3n) is 2.78. The number of hydrogen-bond acceptors (Lipinski definition) is 4. The molecule has 0 radical (unpaired) electrons. The van der Waals surface area contributed by atoms with Gasteiger partial charge in [0.25, 0.3) is 5.91 Å². The Bertz CT molecular complexity index is 323. The summed E-state index contributed by atoms with van der Waals surface area (Å²) in [6, 6.07) is 0.149. The van der Waals surface area contributed by atoms with Gasteiger partial charge in [-0.2, -0.15) is 5.10 Å². The molecule has 1 aliphatic rings. The molecule has 0 aliphatic carbocycles. The molecule has 0 saturated carbocycles. The van der Waals surface area contributed by atoms with Crippen molar-refractivity contribution in [2.45, 2.75) is 25.3 Å². The van der Waals surface area contributed by atoms with E-state index in [-0.39, 0.29) is 11.9 Å². The normalized spacial score (nSPS) is 21.7. The van der Waals surface area contributed by atoms with Gasteiger partial charge in [-0.25, -0.2) is 4.98 Å². The molecule has 82 valence electrons. The Balaban J connectivity index is 2.11. The van der Waals surface area contributed by atoms with Crippen molar-refractivity contribution in [3.63, 3.8) is 0 Å². The van der Waals surface area contributed by atoms with Crippen LogP contribution in [0, 0.1) is 0 Å². The minimum atomic E-state index is -0.0948. The lowest BCUT2D eigenvalue weighted by Crippen LogP contribution is -2.47. The number of likely N-dealkylation sites (tertiary alicyclic amines) is 1. The van der Waals surface area contributed by atoms with Crippen LogP contribution in [0.3, 0.4) is 0 Å². The number of hydrogen-bond donors (Lipinski definition) is 2. The smallest absolute Gasteiger partial charge is 0.291 e. The zero-order valence-electron chi connectivity index (χ0n) is 8.52. The SMILES string of the molecule is NCC1CCCCN1C(=O)c1ncn[nH]1. The van der Waals surface area contributed by atoms with Gasteiger partial charge in [0.05, 0.1) is 0 Å². The first-order chi connectivity index (χ1) is 7.33. The lowest BCUT2D eigenvalue weighted by atomic mass is 10.0. The molecule has 6 heteroatoms. The van der Waals surface area contributed by atoms with Gasteiger partial charge in [0.2, 0.25) is 5.82 Å². The van der Waals surface area contributed by atoms with Crippen molar-refractivity contribution in [1.82, 2.24) is 20.1 Å². The van der Waals surface area contributed by atoms with Crippen LogP contribution in [0.1, 0.15) is 29.9 Å². The molecule has 1 unspecified atom stereocenters. The monoisotopic (exact) mass is 209 g/mol. The molecule has 2 rings (SSSR count). The summed E-state index contributed by atoms with van der Waals surface area (Å²) in [6.45, 7) is 1.28. The maximum absolute atomic E-state index is 12.0. The minimum Gasteiger partial charge on any atom is -0.332 e. The highest BCUT2D eigenvalue weighted by Gasteiger charge is 2.27. The quantitative estimate of drug-likeness (QED) is 0.703. The Kier molecular flexibility index (Phi) is 2.96. The lowest BCUT2D eigenvalue weighted by Gasteiger charge is -2.34. The average Bonchev–Trinajstić information content (AvgIpc) is 2.81. The van der Waals surface area contributed by atoms with Crippen molar-refractivity contribution < 1.29 is 4.79 Å². The predicted octanol–water partition coefficient (Wildman–Crippen LogP) is -0.242. The van der Waals surface area contributed by atoms with Crippen LogP contribution in [-0.2, 0) is 0 Å². The number of carbonyl (C=O) groups excluding carboxylic acids is 1. The van der Waals surface area contributed by atoms with Crippen LogP contribution in [0.2, 0.25) is 0 Å². The first-order valence-corrected chi connectivity index (χ1v) is 5.19. The molecule has 3 N–H and O–H groups in total. The second-order valence-electron chi connectivity index (χ2n) is 3.72. The molecule has 1 saturated heterocycles. The number of piperidine rings is 1. The highest BCUT2D eigenvalue weighted by Crippen LogP contribution is 2.17. The molecule has 0 aromatic carbocycles. The van der Waals surface area contributed by atoms with Gasteiger partial charge in [0.1, 0.15) is 6.33 Å². The number of nitrogens with one attached hydrogen (secondary N) is 1. The Morgan fingerprint density at radius 3 is 3.20 bits per heavy atom. The zero-order valence-corrected chi connectivity index (χ0v) is 8.52. The Hall–Kier alpha value is -1.43. The molecule has 6 nitrogen and oxygen atoms in total. The largest absolute Gasteiger partial charge is 0.332 e. The van der Waals surface area contributed by atoms with Crippen molar-refractivity contribution in [3.8, 4) is 0 Å². The number of aromatic nitrogens is 3. The zero-order chi connectivity index (χ0) is 10.7. The molecule has 0 spiro atoms. The summed E-state index contributed by atoms with van der Waals surface area (Å²) < 4.78 is 0. The van der Waals surface area contributed by atoms with Crippen LogP contribution in [0.25, 0.3) is 0 Å². The third-order valence-corrected chi connectivity index (χ3v) is 2.78. The fourth-order valence-corrected chi connectivity index (χ4v) is 1.96. The van der Waals surface area contributed by atoms with Gasteiger partial charge in [-0.05, 0) is 19.3 Å². The van der Waals surface area contributed by atoms with E-state index >= 15 is 0 Å². The maximum Gasteiger partial charge on any atom is 0.291 e. The van der Waals surface area contributed by atoms with E-state index in [0.717, 1.165) is 25.8 Å². The van der Waals surface area contributed by atoms with Crippen molar-refractivity contribution in [3.05, 3.63) is 12.2 Å². The molecule has 1 aromatic heterocycles. The van der Waals surface area contributed by atoms with Crippen molar-refractivity contribution in [2.75, 3.05) is 13.1 Å². The number of aromatic amines is 1. The maximum atomic E-state index is 12.0. The third kappa shape index (κ3) is 1.99. The second kappa shape index (κ2) is 4.39. The summed E-state index contributed by atoms with van der Waals surface area (Å²) in [5, 5.41) is 6.26. The fraction of sp³-hybridized carbons (Fsp3) is 0.667. The first kappa shape index (κ1) is 10.1. The summed E-state index contributed by atoms with van der Waals surface area (Å²) in [5.74, 6) is 0.206. The van der Waals surface area contributed by atoms with Gasteiger partial charge in [-0.3, -0.25) is 9.89 Å². The van der Waals surface area contributed by atoms with Gasteiger partial charge < -0.3 is 10.6 Å². The van der Waals surface area contributed by atoms with Crippen LogP contribution in [-0.4, -0.2) is 45.1 Å². The van der Waals surface area contributed by atoms with Gasteiger partial charge in [0, 0.05) is 19.1 Å². The molecule has 1 fully saturated rings. The highest BCUT2D eigenvalue weighted by atomic mass is 16.2. The van der Waals surface area contributed by atoms with Crippen LogP contribution >= 0.6 is 0 Å². The number of H-pyrrole nitrogens is 1. The van der Waals surface area contributed by atoms with E-state index in [1.54, 1.807) is 4.90 Å². The Labute approximate surface area is 87.9 Å². The first-order valence-electron chi connectivity index (χ1n) is 5.19. The number of amides is 1. The van der Waals surface area contributed by atoms with E-state index < -0.39 is 0 Å². The van der Waals surface area contributed by atoms with E-state index in [4.69, 9.17) is 5.73 Å². The summed E-state index contributed by atoms with van der Waals surface area (Å²) in [4.78, 5) is 17.6. The fourth-order valence-electron chi connectivity index (χ4n) is 1.96. The average molecular weight is 209 g/mol. The number of nitrogens with two attached hydrogens (primary N) is 1. The van der Waals surface area contributed by atoms with Crippen molar-refractivity contribution in [2.24, 2.45) is 5.73 Å². The van der Waals surface area contributed by atoms with Gasteiger partial charge in [-0.15, -0.1) is 0 Å². The molecule has 0 bridgehead atoms. The molecule has 2 heterocycles. The van der Waals surface area contributed by atoms with Crippen LogP contribution in [0.4, 0.5) is 0 Å². The molecule has 1 atom stereocenters. The minimum absolute atomic E-state index is 0.0948. The van der Waals surface area contributed by atoms with E-state index in [2.05, 4.69) is 15.2 Å². The number of rotatable bonds is 2. The second-order valence-corrected chi connectivity index (χ2v) is 3.72. The summed E-state index contributed by atoms with van der Waals surface area (Å²) in [7, 11) is 0. The highest BCUT2D eigenvalue weighted by molar-refractivity contribution is 5.90.